The van der Waals surface area contributed by atoms with Gasteiger partial charge in [0.2, 0.25) is 5.90 Å². The number of nitrogens with two attached hydrogens (primary N) is 1. The van der Waals surface area contributed by atoms with Crippen LogP contribution in [0.5, 0.6) is 0 Å². The van der Waals surface area contributed by atoms with Crippen molar-refractivity contribution in [2.45, 2.75) is 20.8 Å². The normalized spacial score (nSPS) is 14.3. The van der Waals surface area contributed by atoms with Crippen molar-refractivity contribution in [2.24, 2.45) is 10.7 Å². The largest absolute Gasteiger partial charge is 0.407 e. The molecule has 0 saturated carbocycles. The van der Waals surface area contributed by atoms with Crippen LogP contribution < -0.4 is 11.1 Å². The minimum Gasteiger partial charge on any atom is -0.407 e. The van der Waals surface area contributed by atoms with Gasteiger partial charge in [0.25, 0.3) is 6.02 Å². The lowest BCUT2D eigenvalue weighted by atomic mass is 10.1. The van der Waals surface area contributed by atoms with E-state index in [1.165, 1.54) is 12.1 Å². The van der Waals surface area contributed by atoms with E-state index in [4.69, 9.17) is 20.6 Å². The van der Waals surface area contributed by atoms with Crippen LogP contribution in [0.4, 0.5) is 24.5 Å². The van der Waals surface area contributed by atoms with E-state index in [0.29, 0.717) is 31.9 Å². The maximum absolute atomic E-state index is 14.5. The number of ether oxygens (including phenoxy) is 2. The third-order valence-corrected chi connectivity index (χ3v) is 4.72. The fourth-order valence-electron chi connectivity index (χ4n) is 3.04. The summed E-state index contributed by atoms with van der Waals surface area (Å²) in [6, 6.07) is 5.98. The molecule has 4 N–H and O–H groups in total. The standard InChI is InChI=1S/C21H24F3N5O2.C2H6/c1-13-2-5-17(16(23)12-13)28-19-14(3-4-15(22)18(19)24)20(25)31-21(26)27-6-7-29-8-10-30-11-9-29;1-2/h2-5,12,25,28H,6-11H2,1H3,(H2,26,27);1-2H3. The number of anilines is 2. The second-order valence-electron chi connectivity index (χ2n) is 7.00. The van der Waals surface area contributed by atoms with E-state index in [9.17, 15) is 13.2 Å². The van der Waals surface area contributed by atoms with Crippen LogP contribution in [0, 0.1) is 29.8 Å². The van der Waals surface area contributed by atoms with E-state index in [0.717, 1.165) is 25.2 Å². The average Bonchev–Trinajstić information content (AvgIpc) is 2.80. The van der Waals surface area contributed by atoms with Crippen LogP contribution >= 0.6 is 0 Å². The molecule has 33 heavy (non-hydrogen) atoms. The molecular formula is C23H30F3N5O2. The predicted octanol–water partition coefficient (Wildman–Crippen LogP) is 4.17. The van der Waals surface area contributed by atoms with Gasteiger partial charge in [0.05, 0.1) is 36.7 Å². The molecule has 1 fully saturated rings. The van der Waals surface area contributed by atoms with E-state index >= 15 is 0 Å². The SMILES string of the molecule is CC.Cc1ccc(Nc2c(C(=N)OC(N)=NCCN3CCOCC3)ccc(F)c2F)c(F)c1. The molecule has 180 valence electrons. The second-order valence-corrected chi connectivity index (χ2v) is 7.00. The number of hydrogen-bond donors (Lipinski definition) is 3. The monoisotopic (exact) mass is 465 g/mol. The molecule has 10 heteroatoms. The van der Waals surface area contributed by atoms with Crippen LogP contribution in [0.3, 0.4) is 0 Å². The average molecular weight is 466 g/mol. The van der Waals surface area contributed by atoms with Crippen molar-refractivity contribution in [3.63, 3.8) is 0 Å². The lowest BCUT2D eigenvalue weighted by molar-refractivity contribution is 0.0394. The maximum Gasteiger partial charge on any atom is 0.288 e. The van der Waals surface area contributed by atoms with Crippen LogP contribution in [0.2, 0.25) is 0 Å². The van der Waals surface area contributed by atoms with Crippen molar-refractivity contribution in [2.75, 3.05) is 44.7 Å². The van der Waals surface area contributed by atoms with Crippen molar-refractivity contribution in [1.82, 2.24) is 4.90 Å². The first-order valence-corrected chi connectivity index (χ1v) is 10.7. The lowest BCUT2D eigenvalue weighted by Gasteiger charge is -2.25. The van der Waals surface area contributed by atoms with Crippen molar-refractivity contribution < 1.29 is 22.6 Å². The predicted molar refractivity (Wildman–Crippen MR) is 124 cm³/mol. The Bertz CT molecular complexity index is 979. The molecule has 1 heterocycles. The number of nitrogens with zero attached hydrogens (tertiary/aromatic N) is 2. The van der Waals surface area contributed by atoms with Gasteiger partial charge < -0.3 is 20.5 Å². The molecule has 0 atom stereocenters. The number of amidine groups is 1. The highest BCUT2D eigenvalue weighted by atomic mass is 19.2. The zero-order chi connectivity index (χ0) is 24.4. The highest BCUT2D eigenvalue weighted by molar-refractivity contribution is 6.03. The summed E-state index contributed by atoms with van der Waals surface area (Å²) in [4.78, 5) is 6.21. The lowest BCUT2D eigenvalue weighted by Crippen LogP contribution is -2.38. The van der Waals surface area contributed by atoms with E-state index in [1.807, 2.05) is 13.8 Å². The van der Waals surface area contributed by atoms with Gasteiger partial charge in [-0.1, -0.05) is 19.9 Å². The molecule has 0 aromatic heterocycles. The van der Waals surface area contributed by atoms with Crippen molar-refractivity contribution in [1.29, 1.82) is 5.41 Å². The van der Waals surface area contributed by atoms with E-state index in [-0.39, 0.29) is 17.3 Å². The van der Waals surface area contributed by atoms with Gasteiger partial charge in [0.15, 0.2) is 11.6 Å². The molecule has 0 unspecified atom stereocenters. The Kier molecular flexibility index (Phi) is 10.1. The third-order valence-electron chi connectivity index (χ3n) is 4.72. The topological polar surface area (TPSA) is 96.0 Å². The van der Waals surface area contributed by atoms with Gasteiger partial charge >= 0.3 is 0 Å². The van der Waals surface area contributed by atoms with Crippen LogP contribution in [0.1, 0.15) is 25.0 Å². The summed E-state index contributed by atoms with van der Waals surface area (Å²) >= 11 is 0. The third kappa shape index (κ3) is 7.47. The summed E-state index contributed by atoms with van der Waals surface area (Å²) in [6.07, 6.45) is 0. The summed E-state index contributed by atoms with van der Waals surface area (Å²) in [5.41, 5.74) is 5.76. The van der Waals surface area contributed by atoms with Gasteiger partial charge in [-0.3, -0.25) is 10.3 Å². The Morgan fingerprint density at radius 3 is 2.52 bits per heavy atom. The number of nitrogens with one attached hydrogen (secondary N) is 2. The molecule has 1 saturated heterocycles. The smallest absolute Gasteiger partial charge is 0.288 e. The van der Waals surface area contributed by atoms with Crippen LogP contribution in [-0.4, -0.2) is 56.2 Å². The van der Waals surface area contributed by atoms with Crippen molar-refractivity contribution in [3.05, 3.63) is 58.9 Å². The summed E-state index contributed by atoms with van der Waals surface area (Å²) in [5.74, 6) is -3.62. The zero-order valence-corrected chi connectivity index (χ0v) is 19.1. The minimum atomic E-state index is -1.27. The Morgan fingerprint density at radius 1 is 1.15 bits per heavy atom. The molecular weight excluding hydrogens is 435 g/mol. The second kappa shape index (κ2) is 12.8. The highest BCUT2D eigenvalue weighted by Crippen LogP contribution is 2.28. The molecule has 0 radical (unpaired) electrons. The van der Waals surface area contributed by atoms with Gasteiger partial charge in [-0.05, 0) is 36.8 Å². The Hall–Kier alpha value is -3.11. The summed E-state index contributed by atoms with van der Waals surface area (Å²) in [7, 11) is 0. The first-order valence-electron chi connectivity index (χ1n) is 10.7. The highest BCUT2D eigenvalue weighted by Gasteiger charge is 2.20. The zero-order valence-electron chi connectivity index (χ0n) is 19.1. The number of aryl methyl sites for hydroxylation is 1. The van der Waals surface area contributed by atoms with Crippen molar-refractivity contribution in [3.8, 4) is 0 Å². The number of rotatable bonds is 6. The summed E-state index contributed by atoms with van der Waals surface area (Å²) < 4.78 is 52.9. The van der Waals surface area contributed by atoms with E-state index < -0.39 is 29.0 Å². The number of morpholine rings is 1. The molecule has 2 aromatic rings. The molecule has 1 aliphatic rings. The number of halogens is 3. The van der Waals surface area contributed by atoms with E-state index in [1.54, 1.807) is 13.0 Å². The molecule has 0 aliphatic carbocycles. The number of hydrogen-bond acceptors (Lipinski definition) is 6. The molecule has 3 rings (SSSR count). The molecule has 7 nitrogen and oxygen atoms in total. The van der Waals surface area contributed by atoms with Gasteiger partial charge in [-0.2, -0.15) is 0 Å². The van der Waals surface area contributed by atoms with Crippen LogP contribution in [-0.2, 0) is 9.47 Å². The molecule has 0 amide bonds. The fraction of sp³-hybridized carbons (Fsp3) is 0.391. The summed E-state index contributed by atoms with van der Waals surface area (Å²) in [6.45, 7) is 9.60. The molecule has 2 aromatic carbocycles. The molecule has 0 bridgehead atoms. The van der Waals surface area contributed by atoms with Crippen molar-refractivity contribution >= 4 is 23.3 Å². The number of benzene rings is 2. The van der Waals surface area contributed by atoms with Gasteiger partial charge in [-0.25, -0.2) is 18.2 Å². The van der Waals surface area contributed by atoms with Gasteiger partial charge in [0.1, 0.15) is 5.82 Å². The minimum absolute atomic E-state index is 0.0729. The first kappa shape index (κ1) is 26.1. The van der Waals surface area contributed by atoms with Gasteiger partial charge in [-0.15, -0.1) is 0 Å². The van der Waals surface area contributed by atoms with Crippen LogP contribution in [0.25, 0.3) is 0 Å². The molecule has 0 spiro atoms. The Balaban J connectivity index is 0.00000187. The quantitative estimate of drug-likeness (QED) is 0.440. The Morgan fingerprint density at radius 2 is 1.85 bits per heavy atom. The van der Waals surface area contributed by atoms with Gasteiger partial charge in [0, 0.05) is 19.6 Å². The molecule has 1 aliphatic heterocycles. The first-order chi connectivity index (χ1) is 15.8. The Labute approximate surface area is 191 Å². The fourth-order valence-corrected chi connectivity index (χ4v) is 3.04. The number of aliphatic imine (C=N–C) groups is 1. The van der Waals surface area contributed by atoms with Crippen LogP contribution in [0.15, 0.2) is 35.3 Å². The summed E-state index contributed by atoms with van der Waals surface area (Å²) in [5, 5.41) is 10.6. The maximum atomic E-state index is 14.5. The van der Waals surface area contributed by atoms with E-state index in [2.05, 4.69) is 15.2 Å².